The molecule has 0 unspecified atom stereocenters. The minimum Gasteiger partial charge on any atom is -0.361 e. The van der Waals surface area contributed by atoms with Crippen molar-refractivity contribution in [2.24, 2.45) is 0 Å². The molecule has 2 rings (SSSR count). The highest BCUT2D eigenvalue weighted by Gasteiger charge is 2.09. The minimum absolute atomic E-state index is 0.0159. The van der Waals surface area contributed by atoms with Crippen LogP contribution in [0, 0.1) is 0 Å². The third-order valence-corrected chi connectivity index (χ3v) is 2.91. The largest absolute Gasteiger partial charge is 0.361 e. The third kappa shape index (κ3) is 2.47. The molecule has 0 bridgehead atoms. The topological polar surface area (TPSA) is 45.3 Å². The third-order valence-electron chi connectivity index (χ3n) is 2.91. The maximum absolute atomic E-state index is 11.6. The second-order valence-electron chi connectivity index (χ2n) is 3.93. The Morgan fingerprint density at radius 1 is 1.41 bits per heavy atom. The smallest absolute Gasteiger partial charge is 0.246 e. The summed E-state index contributed by atoms with van der Waals surface area (Å²) in [5.74, 6) is -0.0159. The number of carbonyl (C=O) groups excluding carboxylic acids is 1. The molecule has 0 radical (unpaired) electrons. The molecule has 1 heterocycles. The summed E-state index contributed by atoms with van der Waals surface area (Å²) in [7, 11) is 3.11. The second kappa shape index (κ2) is 5.01. The van der Waals surface area contributed by atoms with Gasteiger partial charge in [0.2, 0.25) is 5.91 Å². The summed E-state index contributed by atoms with van der Waals surface area (Å²) in [4.78, 5) is 19.6. The molecule has 0 saturated carbocycles. The van der Waals surface area contributed by atoms with Crippen LogP contribution in [0.3, 0.4) is 0 Å². The number of nitrogens with zero attached hydrogens (tertiary/aromatic N) is 1. The van der Waals surface area contributed by atoms with Crippen LogP contribution in [0.2, 0.25) is 0 Å². The van der Waals surface area contributed by atoms with Gasteiger partial charge >= 0.3 is 0 Å². The highest BCUT2D eigenvalue weighted by Crippen LogP contribution is 2.19. The van der Waals surface area contributed by atoms with Crippen molar-refractivity contribution in [2.45, 2.75) is 12.8 Å². The number of benzene rings is 1. The fraction of sp³-hybridized carbons (Fsp3) is 0.308. The van der Waals surface area contributed by atoms with Gasteiger partial charge in [-0.2, -0.15) is 0 Å². The number of aryl methyl sites for hydroxylation is 1. The zero-order chi connectivity index (χ0) is 12.3. The van der Waals surface area contributed by atoms with Crippen LogP contribution in [0.1, 0.15) is 12.0 Å². The van der Waals surface area contributed by atoms with Gasteiger partial charge in [-0.1, -0.05) is 18.2 Å². The van der Waals surface area contributed by atoms with Crippen LogP contribution in [-0.2, 0) is 16.1 Å². The van der Waals surface area contributed by atoms with Crippen LogP contribution >= 0.6 is 0 Å². The van der Waals surface area contributed by atoms with E-state index in [-0.39, 0.29) is 5.91 Å². The van der Waals surface area contributed by atoms with Gasteiger partial charge in [-0.15, -0.1) is 0 Å². The number of aromatic nitrogens is 1. The van der Waals surface area contributed by atoms with E-state index in [4.69, 9.17) is 4.84 Å². The molecule has 4 heteroatoms. The predicted octanol–water partition coefficient (Wildman–Crippen LogP) is 2.12. The van der Waals surface area contributed by atoms with Crippen LogP contribution in [-0.4, -0.2) is 30.1 Å². The Labute approximate surface area is 100 Å². The number of carbonyl (C=O) groups is 1. The number of fused-ring (bicyclic) bond motifs is 1. The molecule has 0 spiro atoms. The number of hydrogen-bond donors (Lipinski definition) is 1. The van der Waals surface area contributed by atoms with Gasteiger partial charge in [0.05, 0.1) is 7.11 Å². The molecule has 1 aromatic carbocycles. The van der Waals surface area contributed by atoms with E-state index >= 15 is 0 Å². The lowest BCUT2D eigenvalue weighted by molar-refractivity contribution is -0.168. The molecule has 0 aliphatic heterocycles. The summed E-state index contributed by atoms with van der Waals surface area (Å²) >= 11 is 0. The van der Waals surface area contributed by atoms with Crippen LogP contribution in [0.5, 0.6) is 0 Å². The van der Waals surface area contributed by atoms with Gasteiger partial charge < -0.3 is 4.98 Å². The molecule has 0 aliphatic rings. The zero-order valence-corrected chi connectivity index (χ0v) is 10.1. The number of hydrogen-bond acceptors (Lipinski definition) is 2. The van der Waals surface area contributed by atoms with Crippen molar-refractivity contribution in [3.63, 3.8) is 0 Å². The van der Waals surface area contributed by atoms with Crippen LogP contribution in [0.25, 0.3) is 10.9 Å². The SMILES string of the molecule is CON(C)C(=O)CCc1c[nH]c2ccccc12. The van der Waals surface area contributed by atoms with Crippen LogP contribution < -0.4 is 0 Å². The Hall–Kier alpha value is -1.81. The Bertz CT molecular complexity index is 519. The zero-order valence-electron chi connectivity index (χ0n) is 10.1. The first kappa shape index (κ1) is 11.7. The quantitative estimate of drug-likeness (QED) is 0.821. The molecule has 17 heavy (non-hydrogen) atoms. The Kier molecular flexibility index (Phi) is 3.44. The van der Waals surface area contributed by atoms with Crippen LogP contribution in [0.15, 0.2) is 30.5 Å². The van der Waals surface area contributed by atoms with E-state index in [0.717, 1.165) is 11.9 Å². The number of nitrogens with one attached hydrogen (secondary N) is 1. The van der Waals surface area contributed by atoms with Gasteiger partial charge in [-0.25, -0.2) is 5.06 Å². The summed E-state index contributed by atoms with van der Waals surface area (Å²) in [6.07, 6.45) is 3.13. The van der Waals surface area contributed by atoms with Crippen molar-refractivity contribution in [1.82, 2.24) is 10.0 Å². The fourth-order valence-corrected chi connectivity index (χ4v) is 1.84. The Morgan fingerprint density at radius 2 is 2.18 bits per heavy atom. The van der Waals surface area contributed by atoms with Crippen molar-refractivity contribution < 1.29 is 9.63 Å². The van der Waals surface area contributed by atoms with Gasteiger partial charge in [0, 0.05) is 30.6 Å². The fourth-order valence-electron chi connectivity index (χ4n) is 1.84. The lowest BCUT2D eigenvalue weighted by atomic mass is 10.1. The number of para-hydroxylation sites is 1. The number of H-pyrrole nitrogens is 1. The monoisotopic (exact) mass is 232 g/mol. The van der Waals surface area contributed by atoms with Crippen molar-refractivity contribution in [1.29, 1.82) is 0 Å². The molecule has 0 aliphatic carbocycles. The first-order valence-corrected chi connectivity index (χ1v) is 5.58. The van der Waals surface area contributed by atoms with Crippen molar-refractivity contribution in [3.05, 3.63) is 36.0 Å². The van der Waals surface area contributed by atoms with Crippen molar-refractivity contribution in [3.8, 4) is 0 Å². The van der Waals surface area contributed by atoms with Gasteiger partial charge in [-0.3, -0.25) is 9.63 Å². The number of hydroxylamine groups is 2. The summed E-state index contributed by atoms with van der Waals surface area (Å²) in [5.41, 5.74) is 2.27. The molecule has 0 fully saturated rings. The van der Waals surface area contributed by atoms with E-state index < -0.39 is 0 Å². The molecule has 0 saturated heterocycles. The first-order chi connectivity index (χ1) is 8.22. The summed E-state index contributed by atoms with van der Waals surface area (Å²) in [6.45, 7) is 0. The number of aromatic amines is 1. The lowest BCUT2D eigenvalue weighted by Crippen LogP contribution is -2.25. The summed E-state index contributed by atoms with van der Waals surface area (Å²) < 4.78 is 0. The normalized spacial score (nSPS) is 10.7. The van der Waals surface area contributed by atoms with Gasteiger partial charge in [0.1, 0.15) is 0 Å². The van der Waals surface area contributed by atoms with E-state index in [1.807, 2.05) is 24.4 Å². The molecular weight excluding hydrogens is 216 g/mol. The van der Waals surface area contributed by atoms with E-state index in [0.29, 0.717) is 6.42 Å². The standard InChI is InChI=1S/C13H16N2O2/c1-15(17-2)13(16)8-7-10-9-14-12-6-4-3-5-11(10)12/h3-6,9,14H,7-8H2,1-2H3. The highest BCUT2D eigenvalue weighted by molar-refractivity contribution is 5.84. The average Bonchev–Trinajstić information content (AvgIpc) is 2.78. The number of rotatable bonds is 4. The van der Waals surface area contributed by atoms with Gasteiger partial charge in [0.15, 0.2) is 0 Å². The van der Waals surface area contributed by atoms with E-state index in [1.54, 1.807) is 7.05 Å². The van der Waals surface area contributed by atoms with E-state index in [9.17, 15) is 4.79 Å². The maximum atomic E-state index is 11.6. The number of amides is 1. The molecule has 2 aromatic rings. The van der Waals surface area contributed by atoms with Crippen molar-refractivity contribution >= 4 is 16.8 Å². The second-order valence-corrected chi connectivity index (χ2v) is 3.93. The van der Waals surface area contributed by atoms with Gasteiger partial charge in [-0.05, 0) is 18.1 Å². The Balaban J connectivity index is 2.07. The summed E-state index contributed by atoms with van der Waals surface area (Å²) in [5, 5.41) is 2.44. The predicted molar refractivity (Wildman–Crippen MR) is 66.4 cm³/mol. The first-order valence-electron chi connectivity index (χ1n) is 5.58. The average molecular weight is 232 g/mol. The summed E-state index contributed by atoms with van der Waals surface area (Å²) in [6, 6.07) is 8.09. The Morgan fingerprint density at radius 3 is 2.94 bits per heavy atom. The van der Waals surface area contributed by atoms with Crippen molar-refractivity contribution in [2.75, 3.05) is 14.2 Å². The van der Waals surface area contributed by atoms with Gasteiger partial charge in [0.25, 0.3) is 0 Å². The molecule has 0 atom stereocenters. The maximum Gasteiger partial charge on any atom is 0.246 e. The lowest BCUT2D eigenvalue weighted by Gasteiger charge is -2.12. The van der Waals surface area contributed by atoms with E-state index in [1.165, 1.54) is 23.1 Å². The molecule has 1 amide bonds. The molecule has 4 nitrogen and oxygen atoms in total. The van der Waals surface area contributed by atoms with E-state index in [2.05, 4.69) is 11.1 Å². The molecule has 1 aromatic heterocycles. The molecular formula is C13H16N2O2. The van der Waals surface area contributed by atoms with Crippen LogP contribution in [0.4, 0.5) is 0 Å². The molecule has 90 valence electrons. The molecule has 1 N–H and O–H groups in total. The highest BCUT2D eigenvalue weighted by atomic mass is 16.7. The minimum atomic E-state index is -0.0159.